The van der Waals surface area contributed by atoms with Crippen LogP contribution in [0.3, 0.4) is 0 Å². The summed E-state index contributed by atoms with van der Waals surface area (Å²) in [5.41, 5.74) is 2.40. The molecular formula is C4H8N2O2. The summed E-state index contributed by atoms with van der Waals surface area (Å²) >= 11 is 0. The van der Waals surface area contributed by atoms with Gasteiger partial charge in [-0.25, -0.2) is 0 Å². The van der Waals surface area contributed by atoms with Crippen molar-refractivity contribution in [3.63, 3.8) is 0 Å². The Kier molecular flexibility index (Phi) is 5.41. The van der Waals surface area contributed by atoms with E-state index in [0.717, 1.165) is 0 Å². The van der Waals surface area contributed by atoms with Gasteiger partial charge < -0.3 is 0 Å². The zero-order valence-electron chi connectivity index (χ0n) is 4.63. The van der Waals surface area contributed by atoms with Gasteiger partial charge in [-0.3, -0.25) is 10.3 Å². The fourth-order valence-corrected chi connectivity index (χ4v) is 0.212. The molecule has 0 aromatic rings. The molecule has 0 heterocycles. The van der Waals surface area contributed by atoms with Crippen LogP contribution in [0.15, 0.2) is 17.5 Å². The van der Waals surface area contributed by atoms with Gasteiger partial charge in [-0.05, 0) is 6.08 Å². The lowest BCUT2D eigenvalue weighted by Crippen LogP contribution is -2.00. The summed E-state index contributed by atoms with van der Waals surface area (Å²) in [6.45, 7) is 0.177. The smallest absolute Gasteiger partial charge is 0.101 e. The molecule has 0 atom stereocenters. The van der Waals surface area contributed by atoms with E-state index in [9.17, 15) is 4.91 Å². The molecule has 0 amide bonds. The molecule has 0 aromatic heterocycles. The minimum atomic E-state index is 0.177. The lowest BCUT2D eigenvalue weighted by Gasteiger charge is -1.88. The Hall–Kier alpha value is -0.900. The fourth-order valence-electron chi connectivity index (χ4n) is 0.212. The number of hydroxylamine groups is 1. The highest BCUT2D eigenvalue weighted by Crippen LogP contribution is 1.68. The SMILES string of the molecule is CONC=CCN=O. The Balaban J connectivity index is 2.94. The first-order chi connectivity index (χ1) is 3.91. The van der Waals surface area contributed by atoms with Crippen LogP contribution in [0.1, 0.15) is 0 Å². The minimum Gasteiger partial charge on any atom is -0.280 e. The van der Waals surface area contributed by atoms with Gasteiger partial charge in [0.25, 0.3) is 0 Å². The first-order valence-corrected chi connectivity index (χ1v) is 2.14. The van der Waals surface area contributed by atoms with E-state index in [1.54, 1.807) is 6.08 Å². The molecule has 0 radical (unpaired) electrons. The number of hydrogen-bond acceptors (Lipinski definition) is 4. The van der Waals surface area contributed by atoms with Gasteiger partial charge in [-0.15, -0.1) is 0 Å². The molecule has 0 fully saturated rings. The molecule has 0 saturated carbocycles. The van der Waals surface area contributed by atoms with Gasteiger partial charge in [0.15, 0.2) is 0 Å². The van der Waals surface area contributed by atoms with Gasteiger partial charge in [-0.2, -0.15) is 4.91 Å². The van der Waals surface area contributed by atoms with E-state index < -0.39 is 0 Å². The van der Waals surface area contributed by atoms with Crippen molar-refractivity contribution in [1.29, 1.82) is 0 Å². The lowest BCUT2D eigenvalue weighted by molar-refractivity contribution is 0.128. The van der Waals surface area contributed by atoms with E-state index in [4.69, 9.17) is 0 Å². The fraction of sp³-hybridized carbons (Fsp3) is 0.500. The van der Waals surface area contributed by atoms with E-state index in [-0.39, 0.29) is 6.54 Å². The standard InChI is InChI=1S/C4H8N2O2/c1-8-6-4-2-3-5-7/h2,4,6H,3H2,1H3. The average Bonchev–Trinajstić information content (AvgIpc) is 1.81. The zero-order chi connectivity index (χ0) is 6.24. The van der Waals surface area contributed by atoms with Crippen LogP contribution in [0, 0.1) is 4.91 Å². The summed E-state index contributed by atoms with van der Waals surface area (Å²) in [7, 11) is 1.48. The quantitative estimate of drug-likeness (QED) is 0.427. The molecule has 0 saturated heterocycles. The van der Waals surface area contributed by atoms with Gasteiger partial charge in [0.1, 0.15) is 6.54 Å². The van der Waals surface area contributed by atoms with Crippen LogP contribution in [0.4, 0.5) is 0 Å². The molecule has 0 aromatic carbocycles. The predicted molar refractivity (Wildman–Crippen MR) is 29.9 cm³/mol. The number of hydrogen-bond donors (Lipinski definition) is 1. The maximum Gasteiger partial charge on any atom is 0.101 e. The lowest BCUT2D eigenvalue weighted by atomic mass is 10.6. The molecule has 4 heteroatoms. The van der Waals surface area contributed by atoms with E-state index >= 15 is 0 Å². The first kappa shape index (κ1) is 7.10. The molecule has 0 rings (SSSR count). The Morgan fingerprint density at radius 1 is 1.88 bits per heavy atom. The largest absolute Gasteiger partial charge is 0.280 e. The summed E-state index contributed by atoms with van der Waals surface area (Å²) in [4.78, 5) is 13.8. The Morgan fingerprint density at radius 2 is 2.62 bits per heavy atom. The molecule has 46 valence electrons. The highest BCUT2D eigenvalue weighted by Gasteiger charge is 1.68. The molecule has 0 unspecified atom stereocenters. The zero-order valence-corrected chi connectivity index (χ0v) is 4.63. The van der Waals surface area contributed by atoms with Crippen molar-refractivity contribution in [3.05, 3.63) is 17.2 Å². The summed E-state index contributed by atoms with van der Waals surface area (Å²) in [5.74, 6) is 0. The van der Waals surface area contributed by atoms with Crippen LogP contribution in [-0.4, -0.2) is 13.7 Å². The summed E-state index contributed by atoms with van der Waals surface area (Å²) in [5, 5.41) is 2.58. The van der Waals surface area contributed by atoms with Crippen LogP contribution in [0.5, 0.6) is 0 Å². The van der Waals surface area contributed by atoms with Gasteiger partial charge >= 0.3 is 0 Å². The predicted octanol–water partition coefficient (Wildman–Crippen LogP) is 0.417. The van der Waals surface area contributed by atoms with Crippen molar-refractivity contribution in [3.8, 4) is 0 Å². The second-order valence-corrected chi connectivity index (χ2v) is 1.04. The second-order valence-electron chi connectivity index (χ2n) is 1.04. The number of nitrogens with one attached hydrogen (secondary N) is 1. The van der Waals surface area contributed by atoms with Crippen LogP contribution in [0.25, 0.3) is 0 Å². The summed E-state index contributed by atoms with van der Waals surface area (Å²) < 4.78 is 0. The van der Waals surface area contributed by atoms with Crippen LogP contribution < -0.4 is 5.48 Å². The third-order valence-electron chi connectivity index (χ3n) is 0.484. The van der Waals surface area contributed by atoms with Crippen LogP contribution in [0.2, 0.25) is 0 Å². The topological polar surface area (TPSA) is 50.7 Å². The number of rotatable bonds is 4. The van der Waals surface area contributed by atoms with Crippen LogP contribution in [-0.2, 0) is 4.84 Å². The van der Waals surface area contributed by atoms with E-state index in [1.165, 1.54) is 13.3 Å². The van der Waals surface area contributed by atoms with Crippen molar-refractivity contribution in [2.45, 2.75) is 0 Å². The van der Waals surface area contributed by atoms with E-state index in [0.29, 0.717) is 0 Å². The third-order valence-corrected chi connectivity index (χ3v) is 0.484. The van der Waals surface area contributed by atoms with Crippen molar-refractivity contribution in [2.75, 3.05) is 13.7 Å². The highest BCUT2D eigenvalue weighted by atomic mass is 16.6. The monoisotopic (exact) mass is 116 g/mol. The molecular weight excluding hydrogens is 108 g/mol. The van der Waals surface area contributed by atoms with Gasteiger partial charge in [-0.1, -0.05) is 5.18 Å². The highest BCUT2D eigenvalue weighted by molar-refractivity contribution is 4.78. The molecule has 4 nitrogen and oxygen atoms in total. The molecule has 0 aliphatic carbocycles. The molecule has 0 aliphatic rings. The molecule has 0 spiro atoms. The second kappa shape index (κ2) is 6.10. The molecule has 0 bridgehead atoms. The van der Waals surface area contributed by atoms with E-state index in [1.807, 2.05) is 0 Å². The normalized spacial score (nSPS) is 9.62. The molecule has 8 heavy (non-hydrogen) atoms. The molecule has 1 N–H and O–H groups in total. The van der Waals surface area contributed by atoms with Crippen molar-refractivity contribution in [1.82, 2.24) is 5.48 Å². The maximum absolute atomic E-state index is 9.40. The van der Waals surface area contributed by atoms with Gasteiger partial charge in [0.2, 0.25) is 0 Å². The Morgan fingerprint density at radius 3 is 3.12 bits per heavy atom. The number of nitroso groups, excluding NO2 is 1. The van der Waals surface area contributed by atoms with Crippen LogP contribution >= 0.6 is 0 Å². The van der Waals surface area contributed by atoms with Gasteiger partial charge in [0, 0.05) is 6.20 Å². The number of nitrogens with zero attached hydrogens (tertiary/aromatic N) is 1. The third kappa shape index (κ3) is 5.10. The van der Waals surface area contributed by atoms with Crippen molar-refractivity contribution < 1.29 is 4.84 Å². The van der Waals surface area contributed by atoms with Crippen molar-refractivity contribution >= 4 is 0 Å². The maximum atomic E-state index is 9.40. The molecule has 0 aliphatic heterocycles. The van der Waals surface area contributed by atoms with E-state index in [2.05, 4.69) is 15.5 Å². The first-order valence-electron chi connectivity index (χ1n) is 2.14. The Labute approximate surface area is 47.5 Å². The summed E-state index contributed by atoms with van der Waals surface area (Å²) in [6, 6.07) is 0. The minimum absolute atomic E-state index is 0.177. The Bertz CT molecular complexity index is 82.1. The average molecular weight is 116 g/mol. The van der Waals surface area contributed by atoms with Gasteiger partial charge in [0.05, 0.1) is 7.11 Å². The summed E-state index contributed by atoms with van der Waals surface area (Å²) in [6.07, 6.45) is 3.05. The van der Waals surface area contributed by atoms with Crippen molar-refractivity contribution in [2.24, 2.45) is 5.18 Å².